The van der Waals surface area contributed by atoms with Crippen LogP contribution in [0, 0.1) is 5.82 Å². The molecular formula is C17H21FN4O4. The van der Waals surface area contributed by atoms with Crippen molar-refractivity contribution in [2.75, 3.05) is 11.9 Å². The Morgan fingerprint density at radius 1 is 1.38 bits per heavy atom. The SMILES string of the molecule is CCCc1c(NC(=O)NCC(C)(O)C(=O)O)cnn1-c1cccc(F)c1. The molecule has 2 rings (SSSR count). The number of aromatic nitrogens is 2. The van der Waals surface area contributed by atoms with Crippen molar-refractivity contribution in [2.45, 2.75) is 32.3 Å². The van der Waals surface area contributed by atoms with Crippen molar-refractivity contribution in [2.24, 2.45) is 0 Å². The predicted octanol–water partition coefficient (Wildman–Crippen LogP) is 1.92. The monoisotopic (exact) mass is 364 g/mol. The number of carbonyl (C=O) groups excluding carboxylic acids is 1. The van der Waals surface area contributed by atoms with Gasteiger partial charge in [-0.2, -0.15) is 5.10 Å². The third-order valence-electron chi connectivity index (χ3n) is 3.71. The van der Waals surface area contributed by atoms with Crippen LogP contribution in [0.15, 0.2) is 30.5 Å². The van der Waals surface area contributed by atoms with E-state index in [2.05, 4.69) is 15.7 Å². The Morgan fingerprint density at radius 3 is 2.73 bits per heavy atom. The number of nitrogens with zero attached hydrogens (tertiary/aromatic N) is 2. The van der Waals surface area contributed by atoms with Crippen molar-refractivity contribution >= 4 is 17.7 Å². The van der Waals surface area contributed by atoms with E-state index in [1.807, 2.05) is 6.92 Å². The fourth-order valence-electron chi connectivity index (χ4n) is 2.28. The molecule has 8 nitrogen and oxygen atoms in total. The first-order valence-electron chi connectivity index (χ1n) is 8.08. The number of carbonyl (C=O) groups is 2. The second-order valence-corrected chi connectivity index (χ2v) is 6.03. The molecule has 2 aromatic rings. The maximum Gasteiger partial charge on any atom is 0.337 e. The lowest BCUT2D eigenvalue weighted by Gasteiger charge is -2.18. The number of carboxylic acid groups (broad SMARTS) is 1. The van der Waals surface area contributed by atoms with Gasteiger partial charge >= 0.3 is 12.0 Å². The summed E-state index contributed by atoms with van der Waals surface area (Å²) in [6.07, 6.45) is 2.79. The standard InChI is InChI=1S/C17H21FN4O4/c1-3-5-14-13(21-16(25)19-10-17(2,26)15(23)24)9-20-22(14)12-7-4-6-11(18)8-12/h4,6-9,26H,3,5,10H2,1-2H3,(H,23,24)(H2,19,21,25). The Morgan fingerprint density at radius 2 is 2.12 bits per heavy atom. The van der Waals surface area contributed by atoms with Gasteiger partial charge in [0.15, 0.2) is 5.60 Å². The van der Waals surface area contributed by atoms with Gasteiger partial charge in [-0.3, -0.25) is 0 Å². The molecule has 0 spiro atoms. The zero-order valence-electron chi connectivity index (χ0n) is 14.5. The molecule has 9 heteroatoms. The van der Waals surface area contributed by atoms with Gasteiger partial charge in [-0.05, 0) is 31.5 Å². The van der Waals surface area contributed by atoms with E-state index in [9.17, 15) is 19.1 Å². The van der Waals surface area contributed by atoms with Gasteiger partial charge in [0.05, 0.1) is 29.8 Å². The number of rotatable bonds is 7. The van der Waals surface area contributed by atoms with Crippen LogP contribution >= 0.6 is 0 Å². The third-order valence-corrected chi connectivity index (χ3v) is 3.71. The molecule has 0 aliphatic heterocycles. The number of urea groups is 1. The van der Waals surface area contributed by atoms with Gasteiger partial charge in [0, 0.05) is 0 Å². The topological polar surface area (TPSA) is 116 Å². The summed E-state index contributed by atoms with van der Waals surface area (Å²) in [4.78, 5) is 22.9. The minimum Gasteiger partial charge on any atom is -0.479 e. The van der Waals surface area contributed by atoms with Crippen LogP contribution < -0.4 is 10.6 Å². The van der Waals surface area contributed by atoms with Crippen molar-refractivity contribution in [3.63, 3.8) is 0 Å². The first-order valence-corrected chi connectivity index (χ1v) is 8.08. The van der Waals surface area contributed by atoms with E-state index in [0.717, 1.165) is 13.3 Å². The van der Waals surface area contributed by atoms with Crippen molar-refractivity contribution in [3.05, 3.63) is 42.0 Å². The Labute approximate surface area is 149 Å². The van der Waals surface area contributed by atoms with E-state index >= 15 is 0 Å². The second kappa shape index (κ2) is 7.96. The molecule has 140 valence electrons. The molecule has 0 radical (unpaired) electrons. The lowest BCUT2D eigenvalue weighted by molar-refractivity contribution is -0.155. The molecule has 0 saturated carbocycles. The van der Waals surface area contributed by atoms with Gasteiger partial charge in [-0.25, -0.2) is 18.7 Å². The van der Waals surface area contributed by atoms with Crippen molar-refractivity contribution in [1.82, 2.24) is 15.1 Å². The number of aliphatic hydroxyl groups is 1. The van der Waals surface area contributed by atoms with Crippen LogP contribution in [-0.2, 0) is 11.2 Å². The summed E-state index contributed by atoms with van der Waals surface area (Å²) >= 11 is 0. The Hall–Kier alpha value is -2.94. The summed E-state index contributed by atoms with van der Waals surface area (Å²) < 4.78 is 15.0. The molecule has 0 fully saturated rings. The van der Waals surface area contributed by atoms with Crippen LogP contribution in [0.5, 0.6) is 0 Å². The van der Waals surface area contributed by atoms with Crippen molar-refractivity contribution in [1.29, 1.82) is 0 Å². The van der Waals surface area contributed by atoms with Gasteiger partial charge in [0.25, 0.3) is 0 Å². The number of hydrogen-bond acceptors (Lipinski definition) is 4. The van der Waals surface area contributed by atoms with E-state index in [1.165, 1.54) is 23.0 Å². The van der Waals surface area contributed by atoms with Crippen LogP contribution in [0.4, 0.5) is 14.9 Å². The number of benzene rings is 1. The fourth-order valence-corrected chi connectivity index (χ4v) is 2.28. The predicted molar refractivity (Wildman–Crippen MR) is 92.8 cm³/mol. The average molecular weight is 364 g/mol. The molecule has 0 saturated heterocycles. The summed E-state index contributed by atoms with van der Waals surface area (Å²) in [5.41, 5.74) is -0.451. The summed E-state index contributed by atoms with van der Waals surface area (Å²) in [6, 6.07) is 5.25. The molecular weight excluding hydrogens is 343 g/mol. The fraction of sp³-hybridized carbons (Fsp3) is 0.353. The number of anilines is 1. The van der Waals surface area contributed by atoms with E-state index in [4.69, 9.17) is 5.11 Å². The van der Waals surface area contributed by atoms with Crippen molar-refractivity contribution < 1.29 is 24.2 Å². The highest BCUT2D eigenvalue weighted by Gasteiger charge is 2.30. The molecule has 1 aromatic carbocycles. The number of halogens is 1. The van der Waals surface area contributed by atoms with Gasteiger partial charge in [0.2, 0.25) is 0 Å². The molecule has 4 N–H and O–H groups in total. The first-order chi connectivity index (χ1) is 12.2. The summed E-state index contributed by atoms with van der Waals surface area (Å²) in [5, 5.41) is 27.6. The third kappa shape index (κ3) is 4.57. The molecule has 1 heterocycles. The lowest BCUT2D eigenvalue weighted by atomic mass is 10.1. The van der Waals surface area contributed by atoms with Crippen molar-refractivity contribution in [3.8, 4) is 5.69 Å². The van der Waals surface area contributed by atoms with Crippen LogP contribution in [0.25, 0.3) is 5.69 Å². The van der Waals surface area contributed by atoms with Crippen LogP contribution in [-0.4, -0.2) is 44.1 Å². The molecule has 26 heavy (non-hydrogen) atoms. The normalized spacial score (nSPS) is 13.1. The highest BCUT2D eigenvalue weighted by molar-refractivity contribution is 5.90. The molecule has 0 aliphatic carbocycles. The molecule has 0 bridgehead atoms. The smallest absolute Gasteiger partial charge is 0.337 e. The number of carboxylic acids is 1. The Kier molecular flexibility index (Phi) is 5.93. The highest BCUT2D eigenvalue weighted by atomic mass is 19.1. The summed E-state index contributed by atoms with van der Waals surface area (Å²) in [7, 11) is 0. The molecule has 1 atom stereocenters. The van der Waals surface area contributed by atoms with E-state index in [-0.39, 0.29) is 0 Å². The lowest BCUT2D eigenvalue weighted by Crippen LogP contribution is -2.47. The van der Waals surface area contributed by atoms with E-state index in [1.54, 1.807) is 12.1 Å². The maximum absolute atomic E-state index is 13.5. The molecule has 2 amide bonds. The molecule has 1 aromatic heterocycles. The first kappa shape index (κ1) is 19.4. The summed E-state index contributed by atoms with van der Waals surface area (Å²) in [5.74, 6) is -1.84. The van der Waals surface area contributed by atoms with Gasteiger partial charge in [-0.1, -0.05) is 19.4 Å². The van der Waals surface area contributed by atoms with Crippen LogP contribution in [0.2, 0.25) is 0 Å². The van der Waals surface area contributed by atoms with Crippen LogP contribution in [0.3, 0.4) is 0 Å². The van der Waals surface area contributed by atoms with Gasteiger partial charge in [0.1, 0.15) is 5.82 Å². The van der Waals surface area contributed by atoms with Gasteiger partial charge in [-0.15, -0.1) is 0 Å². The number of amides is 2. The van der Waals surface area contributed by atoms with Gasteiger partial charge < -0.3 is 20.8 Å². The number of nitrogens with one attached hydrogen (secondary N) is 2. The minimum absolute atomic E-state index is 0.399. The second-order valence-electron chi connectivity index (χ2n) is 6.03. The van der Waals surface area contributed by atoms with E-state index in [0.29, 0.717) is 23.5 Å². The Balaban J connectivity index is 2.17. The molecule has 0 aliphatic rings. The average Bonchev–Trinajstić information content (AvgIpc) is 2.96. The largest absolute Gasteiger partial charge is 0.479 e. The zero-order valence-corrected chi connectivity index (χ0v) is 14.5. The summed E-state index contributed by atoms with van der Waals surface area (Å²) in [6.45, 7) is 2.58. The van der Waals surface area contributed by atoms with E-state index < -0.39 is 30.0 Å². The zero-order chi connectivity index (χ0) is 19.3. The maximum atomic E-state index is 13.5. The minimum atomic E-state index is -2.07. The number of hydrogen-bond donors (Lipinski definition) is 4. The quantitative estimate of drug-likeness (QED) is 0.599. The number of aliphatic carboxylic acids is 1. The van der Waals surface area contributed by atoms with Crippen LogP contribution in [0.1, 0.15) is 26.0 Å². The molecule has 1 unspecified atom stereocenters. The Bertz CT molecular complexity index is 804. The highest BCUT2D eigenvalue weighted by Crippen LogP contribution is 2.21.